The number of thiophene rings is 1. The van der Waals surface area contributed by atoms with Gasteiger partial charge in [0.1, 0.15) is 11.6 Å². The van der Waals surface area contributed by atoms with Gasteiger partial charge in [0, 0.05) is 11.4 Å². The molecule has 21 heavy (non-hydrogen) atoms. The fourth-order valence-electron chi connectivity index (χ4n) is 2.98. The fraction of sp³-hybridized carbons (Fsp3) is 0.600. The Morgan fingerprint density at radius 1 is 1.43 bits per heavy atom. The van der Waals surface area contributed by atoms with E-state index in [1.165, 1.54) is 4.88 Å². The smallest absolute Gasteiger partial charge is 0.249 e. The second kappa shape index (κ2) is 5.39. The van der Waals surface area contributed by atoms with E-state index in [4.69, 9.17) is 0 Å². The Labute approximate surface area is 137 Å². The van der Waals surface area contributed by atoms with E-state index < -0.39 is 5.54 Å². The summed E-state index contributed by atoms with van der Waals surface area (Å²) in [5.74, 6) is 0.351. The molecule has 2 unspecified atom stereocenters. The maximum atomic E-state index is 12.8. The molecule has 0 aromatic carbocycles. The van der Waals surface area contributed by atoms with Crippen molar-refractivity contribution in [2.75, 3.05) is 6.54 Å². The summed E-state index contributed by atoms with van der Waals surface area (Å²) in [4.78, 5) is 28.0. The molecule has 114 valence electrons. The van der Waals surface area contributed by atoms with Crippen LogP contribution in [0.2, 0.25) is 0 Å². The van der Waals surface area contributed by atoms with E-state index in [0.29, 0.717) is 12.5 Å². The van der Waals surface area contributed by atoms with Crippen LogP contribution < -0.4 is 5.32 Å². The van der Waals surface area contributed by atoms with Crippen molar-refractivity contribution >= 4 is 39.1 Å². The normalized spacial score (nSPS) is 29.7. The van der Waals surface area contributed by atoms with Crippen LogP contribution in [0.4, 0.5) is 0 Å². The number of hydrogen-bond donors (Lipinski definition) is 1. The average molecular weight is 371 g/mol. The quantitative estimate of drug-likeness (QED) is 0.885. The number of amides is 2. The molecule has 1 saturated carbocycles. The van der Waals surface area contributed by atoms with Gasteiger partial charge in [-0.15, -0.1) is 11.3 Å². The third-order valence-corrected chi connectivity index (χ3v) is 6.24. The molecule has 1 aliphatic heterocycles. The third-order valence-electron chi connectivity index (χ3n) is 4.56. The molecule has 0 radical (unpaired) electrons. The Bertz CT molecular complexity index is 584. The Morgan fingerprint density at radius 3 is 2.71 bits per heavy atom. The summed E-state index contributed by atoms with van der Waals surface area (Å²) in [5, 5.41) is 2.95. The highest BCUT2D eigenvalue weighted by atomic mass is 79.9. The number of nitrogens with one attached hydrogen (secondary N) is 1. The maximum absolute atomic E-state index is 12.8. The molecule has 6 heteroatoms. The first kappa shape index (κ1) is 15.0. The number of rotatable bonds is 4. The van der Waals surface area contributed by atoms with E-state index in [2.05, 4.69) is 27.3 Å². The zero-order chi connectivity index (χ0) is 15.2. The van der Waals surface area contributed by atoms with E-state index in [0.717, 1.165) is 23.0 Å². The van der Waals surface area contributed by atoms with Gasteiger partial charge in [-0.1, -0.05) is 0 Å². The van der Waals surface area contributed by atoms with Gasteiger partial charge in [0.2, 0.25) is 11.8 Å². The molecule has 2 fully saturated rings. The van der Waals surface area contributed by atoms with Gasteiger partial charge in [-0.05, 0) is 67.1 Å². The number of hydrogen-bond acceptors (Lipinski definition) is 3. The molecule has 0 spiro atoms. The van der Waals surface area contributed by atoms with Gasteiger partial charge in [-0.25, -0.2) is 0 Å². The number of nitrogens with zero attached hydrogens (tertiary/aromatic N) is 1. The first-order valence-corrected chi connectivity index (χ1v) is 8.90. The summed E-state index contributed by atoms with van der Waals surface area (Å²) >= 11 is 5.13. The molecule has 2 heterocycles. The molecule has 3 rings (SSSR count). The Morgan fingerprint density at radius 2 is 2.14 bits per heavy atom. The molecule has 1 aromatic heterocycles. The van der Waals surface area contributed by atoms with E-state index in [-0.39, 0.29) is 17.9 Å². The Kier molecular flexibility index (Phi) is 3.86. The van der Waals surface area contributed by atoms with Gasteiger partial charge in [0.25, 0.3) is 0 Å². The topological polar surface area (TPSA) is 49.4 Å². The molecule has 4 nitrogen and oxygen atoms in total. The SMILES string of the molecule is CC1C(=O)NC(C)(C2CC2)C(=O)N1CCc1ccc(Br)s1. The fourth-order valence-corrected chi connectivity index (χ4v) is 4.45. The molecule has 1 saturated heterocycles. The molecule has 2 aliphatic rings. The highest BCUT2D eigenvalue weighted by Gasteiger charge is 2.54. The van der Waals surface area contributed by atoms with E-state index >= 15 is 0 Å². The summed E-state index contributed by atoms with van der Waals surface area (Å²) in [6, 6.07) is 3.70. The van der Waals surface area contributed by atoms with Crippen molar-refractivity contribution < 1.29 is 9.59 Å². The van der Waals surface area contributed by atoms with Crippen LogP contribution in [0.3, 0.4) is 0 Å². The number of carbonyl (C=O) groups is 2. The second-order valence-corrected chi connectivity index (χ2v) is 8.64. The molecule has 0 bridgehead atoms. The lowest BCUT2D eigenvalue weighted by Crippen LogP contribution is -2.69. The largest absolute Gasteiger partial charge is 0.340 e. The molecule has 1 aliphatic carbocycles. The van der Waals surface area contributed by atoms with E-state index in [1.807, 2.05) is 19.9 Å². The molecular weight excluding hydrogens is 352 g/mol. The van der Waals surface area contributed by atoms with Crippen LogP contribution in [-0.4, -0.2) is 34.8 Å². The number of halogens is 1. The second-order valence-electron chi connectivity index (χ2n) is 6.10. The van der Waals surface area contributed by atoms with Gasteiger partial charge < -0.3 is 10.2 Å². The lowest BCUT2D eigenvalue weighted by atomic mass is 9.89. The minimum absolute atomic E-state index is 0.0311. The standard InChI is InChI=1S/C15H19BrN2O2S/c1-9-13(19)17-15(2,10-3-4-10)14(20)18(9)8-7-11-5-6-12(16)21-11/h5-6,9-10H,3-4,7-8H2,1-2H3,(H,17,19). The minimum Gasteiger partial charge on any atom is -0.340 e. The molecular formula is C15H19BrN2O2S. The summed E-state index contributed by atoms with van der Waals surface area (Å²) in [5.41, 5.74) is -0.695. The monoisotopic (exact) mass is 370 g/mol. The van der Waals surface area contributed by atoms with Gasteiger partial charge in [0.15, 0.2) is 0 Å². The van der Waals surface area contributed by atoms with Crippen molar-refractivity contribution in [1.82, 2.24) is 10.2 Å². The molecule has 2 amide bonds. The third kappa shape index (κ3) is 2.75. The van der Waals surface area contributed by atoms with Gasteiger partial charge >= 0.3 is 0 Å². The van der Waals surface area contributed by atoms with Crippen LogP contribution in [0.5, 0.6) is 0 Å². The van der Waals surface area contributed by atoms with E-state index in [9.17, 15) is 9.59 Å². The maximum Gasteiger partial charge on any atom is 0.249 e. The summed E-state index contributed by atoms with van der Waals surface area (Å²) in [6.07, 6.45) is 2.85. The summed E-state index contributed by atoms with van der Waals surface area (Å²) < 4.78 is 1.09. The van der Waals surface area contributed by atoms with E-state index in [1.54, 1.807) is 16.2 Å². The van der Waals surface area contributed by atoms with Crippen molar-refractivity contribution in [3.63, 3.8) is 0 Å². The molecule has 2 atom stereocenters. The van der Waals surface area contributed by atoms with Crippen LogP contribution in [-0.2, 0) is 16.0 Å². The van der Waals surface area contributed by atoms with Gasteiger partial charge in [0.05, 0.1) is 3.79 Å². The highest BCUT2D eigenvalue weighted by molar-refractivity contribution is 9.11. The van der Waals surface area contributed by atoms with Crippen molar-refractivity contribution in [3.8, 4) is 0 Å². The average Bonchev–Trinajstić information content (AvgIpc) is 3.21. The van der Waals surface area contributed by atoms with Crippen LogP contribution in [0, 0.1) is 5.92 Å². The summed E-state index contributed by atoms with van der Waals surface area (Å²) in [7, 11) is 0. The van der Waals surface area contributed by atoms with Crippen LogP contribution in [0.1, 0.15) is 31.6 Å². The lowest BCUT2D eigenvalue weighted by molar-refractivity contribution is -0.154. The first-order chi connectivity index (χ1) is 9.91. The molecule has 1 N–H and O–H groups in total. The van der Waals surface area contributed by atoms with Crippen molar-refractivity contribution in [2.45, 2.75) is 44.7 Å². The van der Waals surface area contributed by atoms with Crippen molar-refractivity contribution in [3.05, 3.63) is 20.8 Å². The van der Waals surface area contributed by atoms with Crippen LogP contribution >= 0.6 is 27.3 Å². The summed E-state index contributed by atoms with van der Waals surface area (Å²) in [6.45, 7) is 4.29. The highest BCUT2D eigenvalue weighted by Crippen LogP contribution is 2.42. The Balaban J connectivity index is 1.74. The van der Waals surface area contributed by atoms with Crippen LogP contribution in [0.15, 0.2) is 15.9 Å². The predicted molar refractivity (Wildman–Crippen MR) is 86.2 cm³/mol. The number of carbonyl (C=O) groups excluding carboxylic acids is 2. The van der Waals surface area contributed by atoms with Crippen molar-refractivity contribution in [2.24, 2.45) is 5.92 Å². The minimum atomic E-state index is -0.695. The van der Waals surface area contributed by atoms with Crippen molar-refractivity contribution in [1.29, 1.82) is 0 Å². The zero-order valence-electron chi connectivity index (χ0n) is 12.2. The number of piperazine rings is 1. The van der Waals surface area contributed by atoms with Crippen LogP contribution in [0.25, 0.3) is 0 Å². The Hall–Kier alpha value is -0.880. The zero-order valence-corrected chi connectivity index (χ0v) is 14.6. The van der Waals surface area contributed by atoms with Gasteiger partial charge in [-0.2, -0.15) is 0 Å². The first-order valence-electron chi connectivity index (χ1n) is 7.29. The van der Waals surface area contributed by atoms with Gasteiger partial charge in [-0.3, -0.25) is 9.59 Å². The predicted octanol–water partition coefficient (Wildman–Crippen LogP) is 2.57. The lowest BCUT2D eigenvalue weighted by Gasteiger charge is -2.43. The molecule has 1 aromatic rings.